The number of carbonyl (C=O) groups excluding carboxylic acids is 4. The third-order valence-electron chi connectivity index (χ3n) is 6.72. The van der Waals surface area contributed by atoms with Crippen LogP contribution >= 0.6 is 0 Å². The fourth-order valence-electron chi connectivity index (χ4n) is 5.09. The molecule has 1 aromatic heterocycles. The first-order valence-corrected chi connectivity index (χ1v) is 11.8. The fraction of sp³-hybridized carbons (Fsp3) is 0.462. The van der Waals surface area contributed by atoms with Gasteiger partial charge in [0.25, 0.3) is 0 Å². The lowest BCUT2D eigenvalue weighted by Crippen LogP contribution is -2.37. The van der Waals surface area contributed by atoms with E-state index in [-0.39, 0.29) is 29.4 Å². The number of imide groups is 1. The first-order chi connectivity index (χ1) is 16.3. The predicted molar refractivity (Wildman–Crippen MR) is 124 cm³/mol. The van der Waals surface area contributed by atoms with E-state index in [2.05, 4.69) is 0 Å². The van der Waals surface area contributed by atoms with Gasteiger partial charge in [0.2, 0.25) is 17.6 Å². The number of ketones is 1. The number of aryl methyl sites for hydroxylation is 1. The Morgan fingerprint density at radius 3 is 2.21 bits per heavy atom. The number of aromatic nitrogens is 1. The van der Waals surface area contributed by atoms with Gasteiger partial charge in [0.15, 0.2) is 6.61 Å². The molecule has 1 aliphatic heterocycles. The second-order valence-corrected chi connectivity index (χ2v) is 8.89. The zero-order valence-corrected chi connectivity index (χ0v) is 19.8. The number of rotatable bonds is 8. The summed E-state index contributed by atoms with van der Waals surface area (Å²) in [7, 11) is 0. The monoisotopic (exact) mass is 466 g/mol. The fourth-order valence-corrected chi connectivity index (χ4v) is 5.09. The maximum atomic E-state index is 12.8. The van der Waals surface area contributed by atoms with Gasteiger partial charge in [-0.05, 0) is 63.9 Å². The quantitative estimate of drug-likeness (QED) is 0.336. The molecular formula is C26H30N2O6. The van der Waals surface area contributed by atoms with Crippen molar-refractivity contribution in [3.63, 3.8) is 0 Å². The highest BCUT2D eigenvalue weighted by Gasteiger charge is 2.48. The average molecular weight is 467 g/mol. The molecule has 1 aromatic carbocycles. The van der Waals surface area contributed by atoms with E-state index in [4.69, 9.17) is 9.47 Å². The molecule has 34 heavy (non-hydrogen) atoms. The molecule has 0 radical (unpaired) electrons. The largest absolute Gasteiger partial charge is 0.494 e. The number of benzene rings is 1. The van der Waals surface area contributed by atoms with Crippen LogP contribution in [-0.4, -0.2) is 52.8 Å². The predicted octanol–water partition coefficient (Wildman–Crippen LogP) is 3.39. The van der Waals surface area contributed by atoms with Gasteiger partial charge in [0, 0.05) is 22.6 Å². The highest BCUT2D eigenvalue weighted by Crippen LogP contribution is 2.37. The van der Waals surface area contributed by atoms with E-state index in [0.717, 1.165) is 40.6 Å². The molecule has 0 bridgehead atoms. The van der Waals surface area contributed by atoms with Gasteiger partial charge in [0.05, 0.1) is 18.4 Å². The van der Waals surface area contributed by atoms with E-state index < -0.39 is 19.1 Å². The summed E-state index contributed by atoms with van der Waals surface area (Å²) in [6.45, 7) is 5.35. The Bertz CT molecular complexity index is 1090. The van der Waals surface area contributed by atoms with E-state index in [0.29, 0.717) is 25.0 Å². The first-order valence-electron chi connectivity index (χ1n) is 11.8. The molecule has 2 unspecified atom stereocenters. The zero-order valence-electron chi connectivity index (χ0n) is 19.8. The summed E-state index contributed by atoms with van der Waals surface area (Å²) < 4.78 is 12.6. The molecule has 2 heterocycles. The number of likely N-dealkylation sites (tertiary alicyclic amines) is 1. The Morgan fingerprint density at radius 2 is 1.62 bits per heavy atom. The van der Waals surface area contributed by atoms with Crippen molar-refractivity contribution in [3.8, 4) is 11.4 Å². The number of hydrogen-bond acceptors (Lipinski definition) is 6. The Labute approximate surface area is 198 Å². The minimum absolute atomic E-state index is 0.295. The average Bonchev–Trinajstić information content (AvgIpc) is 3.26. The molecule has 1 saturated carbocycles. The summed E-state index contributed by atoms with van der Waals surface area (Å²) >= 11 is 0. The van der Waals surface area contributed by atoms with Gasteiger partial charge >= 0.3 is 5.97 Å². The number of nitrogens with zero attached hydrogens (tertiary/aromatic N) is 2. The van der Waals surface area contributed by atoms with Crippen LogP contribution in [0, 0.1) is 25.7 Å². The molecule has 8 heteroatoms. The number of Topliss-reactive ketones (excluding diaryl/α,β-unsaturated/α-hetero) is 1. The van der Waals surface area contributed by atoms with E-state index in [9.17, 15) is 19.2 Å². The minimum atomic E-state index is -0.756. The summed E-state index contributed by atoms with van der Waals surface area (Å²) in [5.41, 5.74) is 2.95. The van der Waals surface area contributed by atoms with Crippen LogP contribution in [-0.2, 0) is 19.1 Å². The third kappa shape index (κ3) is 4.49. The summed E-state index contributed by atoms with van der Waals surface area (Å²) in [5.74, 6) is -1.55. The number of carbonyl (C=O) groups is 4. The molecule has 180 valence electrons. The van der Waals surface area contributed by atoms with Crippen molar-refractivity contribution in [1.82, 2.24) is 9.47 Å². The summed E-state index contributed by atoms with van der Waals surface area (Å²) in [4.78, 5) is 51.3. The van der Waals surface area contributed by atoms with Crippen LogP contribution in [0.1, 0.15) is 54.4 Å². The van der Waals surface area contributed by atoms with Gasteiger partial charge < -0.3 is 14.0 Å². The van der Waals surface area contributed by atoms with E-state index >= 15 is 0 Å². The summed E-state index contributed by atoms with van der Waals surface area (Å²) in [6.07, 6.45) is 3.20. The topological polar surface area (TPSA) is 94.9 Å². The smallest absolute Gasteiger partial charge is 0.326 e. The Balaban J connectivity index is 1.38. The minimum Gasteiger partial charge on any atom is -0.494 e. The summed E-state index contributed by atoms with van der Waals surface area (Å²) in [6, 6.07) is 9.35. The van der Waals surface area contributed by atoms with Gasteiger partial charge in [-0.25, -0.2) is 0 Å². The number of esters is 1. The number of hydrogen-bond donors (Lipinski definition) is 0. The van der Waals surface area contributed by atoms with Gasteiger partial charge in [0.1, 0.15) is 12.3 Å². The molecule has 2 amide bonds. The van der Waals surface area contributed by atoms with E-state index in [1.807, 2.05) is 49.6 Å². The van der Waals surface area contributed by atoms with Crippen molar-refractivity contribution in [2.24, 2.45) is 11.8 Å². The third-order valence-corrected chi connectivity index (χ3v) is 6.72. The van der Waals surface area contributed by atoms with Gasteiger partial charge in [-0.2, -0.15) is 0 Å². The van der Waals surface area contributed by atoms with Gasteiger partial charge in [-0.3, -0.25) is 24.1 Å². The molecule has 2 aromatic rings. The first kappa shape index (κ1) is 23.7. The number of ether oxygens (including phenoxy) is 2. The molecule has 2 atom stereocenters. The van der Waals surface area contributed by atoms with Crippen molar-refractivity contribution >= 4 is 23.6 Å². The molecule has 0 N–H and O–H groups in total. The lowest BCUT2D eigenvalue weighted by atomic mass is 9.81. The van der Waals surface area contributed by atoms with Crippen molar-refractivity contribution in [1.29, 1.82) is 0 Å². The van der Waals surface area contributed by atoms with Crippen molar-refractivity contribution in [3.05, 3.63) is 47.3 Å². The summed E-state index contributed by atoms with van der Waals surface area (Å²) in [5, 5.41) is 0. The Kier molecular flexibility index (Phi) is 6.86. The molecule has 2 aliphatic rings. The maximum Gasteiger partial charge on any atom is 0.326 e. The molecule has 1 saturated heterocycles. The lowest BCUT2D eigenvalue weighted by Gasteiger charge is -2.19. The van der Waals surface area contributed by atoms with Crippen LogP contribution in [0.2, 0.25) is 0 Å². The molecule has 0 spiro atoms. The molecule has 2 fully saturated rings. The van der Waals surface area contributed by atoms with Crippen LogP contribution < -0.4 is 4.74 Å². The second kappa shape index (κ2) is 9.83. The molecule has 1 aliphatic carbocycles. The van der Waals surface area contributed by atoms with E-state index in [1.165, 1.54) is 0 Å². The number of fused-ring (bicyclic) bond motifs is 1. The Hall–Kier alpha value is -3.42. The highest BCUT2D eigenvalue weighted by atomic mass is 16.5. The molecular weight excluding hydrogens is 436 g/mol. The lowest BCUT2D eigenvalue weighted by molar-refractivity contribution is -0.152. The van der Waals surface area contributed by atoms with Crippen LogP contribution in [0.4, 0.5) is 0 Å². The Morgan fingerprint density at radius 1 is 1.00 bits per heavy atom. The molecule has 8 nitrogen and oxygen atoms in total. The normalized spacial score (nSPS) is 19.8. The van der Waals surface area contributed by atoms with Crippen molar-refractivity contribution < 1.29 is 28.7 Å². The zero-order chi connectivity index (χ0) is 24.4. The van der Waals surface area contributed by atoms with Gasteiger partial charge in [-0.1, -0.05) is 12.8 Å². The van der Waals surface area contributed by atoms with Crippen LogP contribution in [0.15, 0.2) is 30.3 Å². The SMILES string of the molecule is CCOc1ccc(-n2c(C)cc(C(=O)COC(=O)CN3C(=O)C4CCCCC4C3=O)c2C)cc1. The van der Waals surface area contributed by atoms with Crippen LogP contribution in [0.5, 0.6) is 5.75 Å². The van der Waals surface area contributed by atoms with Crippen LogP contribution in [0.3, 0.4) is 0 Å². The van der Waals surface area contributed by atoms with E-state index in [1.54, 1.807) is 6.07 Å². The standard InChI is InChI=1S/C26H30N2O6/c1-4-33-19-11-9-18(10-12-19)28-16(2)13-22(17(28)3)23(29)15-34-24(30)14-27-25(31)20-7-5-6-8-21(20)26(27)32/h9-13,20-21H,4-8,14-15H2,1-3H3. The maximum absolute atomic E-state index is 12.8. The molecule has 4 rings (SSSR count). The van der Waals surface area contributed by atoms with Crippen molar-refractivity contribution in [2.75, 3.05) is 19.8 Å². The van der Waals surface area contributed by atoms with Gasteiger partial charge in [-0.15, -0.1) is 0 Å². The van der Waals surface area contributed by atoms with Crippen molar-refractivity contribution in [2.45, 2.75) is 46.5 Å². The second-order valence-electron chi connectivity index (χ2n) is 8.89. The number of amides is 2. The highest BCUT2D eigenvalue weighted by molar-refractivity contribution is 6.07. The van der Waals surface area contributed by atoms with Crippen LogP contribution in [0.25, 0.3) is 5.69 Å².